The zero-order valence-electron chi connectivity index (χ0n) is 10.5. The van der Waals surface area contributed by atoms with Crippen molar-refractivity contribution in [1.82, 2.24) is 9.78 Å². The van der Waals surface area contributed by atoms with E-state index in [1.54, 1.807) is 10.7 Å². The Kier molecular flexibility index (Phi) is 3.62. The largest absolute Gasteiger partial charge is 0.491 e. The molecule has 2 rings (SSSR count). The monoisotopic (exact) mass is 249 g/mol. The van der Waals surface area contributed by atoms with Crippen LogP contribution in [-0.4, -0.2) is 16.4 Å². The van der Waals surface area contributed by atoms with Gasteiger partial charge in [-0.15, -0.1) is 0 Å². The first-order valence-electron chi connectivity index (χ1n) is 5.81. The summed E-state index contributed by atoms with van der Waals surface area (Å²) < 4.78 is 20.6. The van der Waals surface area contributed by atoms with Crippen molar-refractivity contribution in [3.8, 4) is 17.0 Å². The number of aromatic nitrogens is 2. The summed E-state index contributed by atoms with van der Waals surface area (Å²) in [5.74, 6) is -0.104. The third-order valence-electron chi connectivity index (χ3n) is 2.67. The highest BCUT2D eigenvalue weighted by atomic mass is 19.1. The molecular formula is C13H16FN3O. The molecule has 18 heavy (non-hydrogen) atoms. The minimum Gasteiger partial charge on any atom is -0.491 e. The molecule has 2 N–H and O–H groups in total. The third kappa shape index (κ3) is 2.36. The van der Waals surface area contributed by atoms with E-state index in [9.17, 15) is 4.39 Å². The van der Waals surface area contributed by atoms with Crippen LogP contribution in [0.25, 0.3) is 11.3 Å². The number of ether oxygens (including phenoxy) is 1. The number of rotatable bonds is 4. The Bertz CT molecular complexity index is 551. The maximum atomic E-state index is 13.8. The van der Waals surface area contributed by atoms with Gasteiger partial charge in [0.2, 0.25) is 0 Å². The summed E-state index contributed by atoms with van der Waals surface area (Å²) in [6.45, 7) is 2.63. The predicted molar refractivity (Wildman–Crippen MR) is 67.7 cm³/mol. The standard InChI is InChI=1S/C13H16FN3O/c1-3-18-13-5-4-9(6-11(13)14)12-7-10(8-15)16-17(12)2/h4-7H,3,8,15H2,1-2H3. The van der Waals surface area contributed by atoms with Gasteiger partial charge in [0, 0.05) is 19.2 Å². The quantitative estimate of drug-likeness (QED) is 0.902. The van der Waals surface area contributed by atoms with Crippen LogP contribution in [0.5, 0.6) is 5.75 Å². The molecule has 0 aliphatic carbocycles. The van der Waals surface area contributed by atoms with Gasteiger partial charge in [0.05, 0.1) is 18.0 Å². The van der Waals surface area contributed by atoms with Gasteiger partial charge in [-0.1, -0.05) is 0 Å². The summed E-state index contributed by atoms with van der Waals surface area (Å²) in [5, 5.41) is 4.23. The molecule has 4 nitrogen and oxygen atoms in total. The predicted octanol–water partition coefficient (Wildman–Crippen LogP) is 2.08. The molecule has 0 spiro atoms. The molecule has 1 aromatic carbocycles. The Balaban J connectivity index is 2.38. The maximum Gasteiger partial charge on any atom is 0.165 e. The van der Waals surface area contributed by atoms with E-state index >= 15 is 0 Å². The van der Waals surface area contributed by atoms with Crippen molar-refractivity contribution in [2.24, 2.45) is 12.8 Å². The van der Waals surface area contributed by atoms with Crippen LogP contribution in [0.1, 0.15) is 12.6 Å². The second kappa shape index (κ2) is 5.18. The van der Waals surface area contributed by atoms with E-state index in [1.165, 1.54) is 6.07 Å². The van der Waals surface area contributed by atoms with E-state index < -0.39 is 0 Å². The Hall–Kier alpha value is -1.88. The van der Waals surface area contributed by atoms with Crippen molar-refractivity contribution < 1.29 is 9.13 Å². The van der Waals surface area contributed by atoms with Gasteiger partial charge in [-0.25, -0.2) is 4.39 Å². The van der Waals surface area contributed by atoms with Gasteiger partial charge < -0.3 is 10.5 Å². The fourth-order valence-corrected chi connectivity index (χ4v) is 1.83. The van der Waals surface area contributed by atoms with E-state index in [2.05, 4.69) is 5.10 Å². The Morgan fingerprint density at radius 3 is 2.72 bits per heavy atom. The van der Waals surface area contributed by atoms with Crippen molar-refractivity contribution in [2.45, 2.75) is 13.5 Å². The van der Waals surface area contributed by atoms with Crippen molar-refractivity contribution in [3.05, 3.63) is 35.8 Å². The highest BCUT2D eigenvalue weighted by Gasteiger charge is 2.10. The lowest BCUT2D eigenvalue weighted by molar-refractivity contribution is 0.321. The molecule has 0 fully saturated rings. The summed E-state index contributed by atoms with van der Waals surface area (Å²) in [4.78, 5) is 0. The maximum absolute atomic E-state index is 13.8. The Labute approximate surface area is 105 Å². The van der Waals surface area contributed by atoms with Crippen LogP contribution in [0.4, 0.5) is 4.39 Å². The molecule has 1 heterocycles. The smallest absolute Gasteiger partial charge is 0.165 e. The minimum atomic E-state index is -0.371. The molecule has 0 unspecified atom stereocenters. The van der Waals surface area contributed by atoms with Gasteiger partial charge in [-0.2, -0.15) is 5.10 Å². The van der Waals surface area contributed by atoms with E-state index in [4.69, 9.17) is 10.5 Å². The summed E-state index contributed by atoms with van der Waals surface area (Å²) in [5.41, 5.74) is 7.90. The van der Waals surface area contributed by atoms with E-state index in [-0.39, 0.29) is 11.6 Å². The van der Waals surface area contributed by atoms with Gasteiger partial charge in [-0.3, -0.25) is 4.68 Å². The average molecular weight is 249 g/mol. The second-order valence-corrected chi connectivity index (χ2v) is 3.93. The lowest BCUT2D eigenvalue weighted by atomic mass is 10.1. The SMILES string of the molecule is CCOc1ccc(-c2cc(CN)nn2C)cc1F. The molecule has 0 saturated carbocycles. The molecule has 0 amide bonds. The highest BCUT2D eigenvalue weighted by Crippen LogP contribution is 2.25. The highest BCUT2D eigenvalue weighted by molar-refractivity contribution is 5.61. The summed E-state index contributed by atoms with van der Waals surface area (Å²) in [6.07, 6.45) is 0. The van der Waals surface area contributed by atoms with E-state index in [0.29, 0.717) is 13.2 Å². The number of benzene rings is 1. The molecule has 96 valence electrons. The lowest BCUT2D eigenvalue weighted by Gasteiger charge is -2.07. The number of nitrogens with two attached hydrogens (primary N) is 1. The zero-order chi connectivity index (χ0) is 13.1. The van der Waals surface area contributed by atoms with Crippen molar-refractivity contribution >= 4 is 0 Å². The van der Waals surface area contributed by atoms with Crippen molar-refractivity contribution in [3.63, 3.8) is 0 Å². The zero-order valence-corrected chi connectivity index (χ0v) is 10.5. The van der Waals surface area contributed by atoms with Crippen LogP contribution in [0.2, 0.25) is 0 Å². The first-order valence-corrected chi connectivity index (χ1v) is 5.81. The van der Waals surface area contributed by atoms with Gasteiger partial charge in [0.25, 0.3) is 0 Å². The number of hydrogen-bond acceptors (Lipinski definition) is 3. The molecule has 0 atom stereocenters. The molecule has 5 heteroatoms. The fourth-order valence-electron chi connectivity index (χ4n) is 1.83. The number of halogens is 1. The van der Waals surface area contributed by atoms with Crippen LogP contribution in [0, 0.1) is 5.82 Å². The van der Waals surface area contributed by atoms with Crippen LogP contribution in [0.3, 0.4) is 0 Å². The summed E-state index contributed by atoms with van der Waals surface area (Å²) >= 11 is 0. The molecule has 2 aromatic rings. The van der Waals surface area contributed by atoms with E-state index in [0.717, 1.165) is 17.0 Å². The van der Waals surface area contributed by atoms with Crippen molar-refractivity contribution in [2.75, 3.05) is 6.61 Å². The molecule has 0 saturated heterocycles. The Morgan fingerprint density at radius 1 is 1.39 bits per heavy atom. The lowest BCUT2D eigenvalue weighted by Crippen LogP contribution is -1.99. The molecule has 0 radical (unpaired) electrons. The van der Waals surface area contributed by atoms with E-state index in [1.807, 2.05) is 26.1 Å². The van der Waals surface area contributed by atoms with Crippen molar-refractivity contribution in [1.29, 1.82) is 0 Å². The fraction of sp³-hybridized carbons (Fsp3) is 0.308. The summed E-state index contributed by atoms with van der Waals surface area (Å²) in [6, 6.07) is 6.74. The third-order valence-corrected chi connectivity index (χ3v) is 2.67. The molecule has 0 bridgehead atoms. The van der Waals surface area contributed by atoms with Crippen LogP contribution in [0.15, 0.2) is 24.3 Å². The molecule has 0 aliphatic rings. The van der Waals surface area contributed by atoms with Gasteiger partial charge in [-0.05, 0) is 31.2 Å². The molecular weight excluding hydrogens is 233 g/mol. The second-order valence-electron chi connectivity index (χ2n) is 3.93. The van der Waals surface area contributed by atoms with Crippen LogP contribution in [-0.2, 0) is 13.6 Å². The normalized spacial score (nSPS) is 10.7. The minimum absolute atomic E-state index is 0.266. The summed E-state index contributed by atoms with van der Waals surface area (Å²) in [7, 11) is 1.81. The number of aryl methyl sites for hydroxylation is 1. The molecule has 0 aliphatic heterocycles. The van der Waals surface area contributed by atoms with Crippen LogP contribution < -0.4 is 10.5 Å². The Morgan fingerprint density at radius 2 is 2.17 bits per heavy atom. The first-order chi connectivity index (χ1) is 8.65. The number of hydrogen-bond donors (Lipinski definition) is 1. The first kappa shape index (κ1) is 12.6. The topological polar surface area (TPSA) is 53.1 Å². The van der Waals surface area contributed by atoms with Gasteiger partial charge in [0.1, 0.15) is 0 Å². The average Bonchev–Trinajstić information content (AvgIpc) is 2.73. The van der Waals surface area contributed by atoms with Crippen LogP contribution >= 0.6 is 0 Å². The number of nitrogens with zero attached hydrogens (tertiary/aromatic N) is 2. The van der Waals surface area contributed by atoms with Gasteiger partial charge >= 0.3 is 0 Å². The molecule has 1 aromatic heterocycles. The van der Waals surface area contributed by atoms with Gasteiger partial charge in [0.15, 0.2) is 11.6 Å².